The van der Waals surface area contributed by atoms with E-state index in [1.165, 1.54) is 6.42 Å². The molecule has 0 saturated heterocycles. The van der Waals surface area contributed by atoms with Gasteiger partial charge < -0.3 is 5.73 Å². The van der Waals surface area contributed by atoms with Crippen molar-refractivity contribution in [3.05, 3.63) is 12.2 Å². The molecular weight excluding hydrogens is 152 g/mol. The summed E-state index contributed by atoms with van der Waals surface area (Å²) in [6, 6.07) is 0.0764. The Morgan fingerprint density at radius 2 is 2.42 bits per heavy atom. The predicted molar refractivity (Wildman–Crippen MR) is 45.2 cm³/mol. The second kappa shape index (κ2) is 2.55. The molecule has 0 aliphatic heterocycles. The van der Waals surface area contributed by atoms with Crippen LogP contribution >= 0.6 is 0 Å². The molecule has 3 unspecified atom stereocenters. The minimum atomic E-state index is 0.0764. The fourth-order valence-electron chi connectivity index (χ4n) is 1.65. The van der Waals surface area contributed by atoms with E-state index in [1.54, 1.807) is 11.0 Å². The van der Waals surface area contributed by atoms with E-state index in [-0.39, 0.29) is 6.04 Å². The molecular formula is C8H14N4. The zero-order valence-electron chi connectivity index (χ0n) is 7.44. The van der Waals surface area contributed by atoms with E-state index in [1.807, 2.05) is 7.05 Å². The average Bonchev–Trinajstić information content (AvgIpc) is 2.59. The van der Waals surface area contributed by atoms with Crippen molar-refractivity contribution in [2.75, 3.05) is 0 Å². The lowest BCUT2D eigenvalue weighted by atomic mass is 10.1. The first-order chi connectivity index (χ1) is 5.70. The summed E-state index contributed by atoms with van der Waals surface area (Å²) < 4.78 is 1.76. The van der Waals surface area contributed by atoms with Gasteiger partial charge in [-0.3, -0.25) is 4.68 Å². The lowest BCUT2D eigenvalue weighted by Crippen LogP contribution is -2.18. The smallest absolute Gasteiger partial charge is 0.143 e. The van der Waals surface area contributed by atoms with Crippen LogP contribution in [0.15, 0.2) is 6.33 Å². The van der Waals surface area contributed by atoms with Crippen LogP contribution in [0.3, 0.4) is 0 Å². The Balaban J connectivity index is 2.14. The zero-order valence-corrected chi connectivity index (χ0v) is 7.44. The Morgan fingerprint density at radius 1 is 1.75 bits per heavy atom. The Morgan fingerprint density at radius 3 is 2.83 bits per heavy atom. The Kier molecular flexibility index (Phi) is 1.65. The van der Waals surface area contributed by atoms with Gasteiger partial charge in [-0.2, -0.15) is 5.10 Å². The maximum Gasteiger partial charge on any atom is 0.143 e. The molecule has 4 heteroatoms. The summed E-state index contributed by atoms with van der Waals surface area (Å²) in [6.45, 7) is 2.22. The molecule has 1 aliphatic carbocycles. The van der Waals surface area contributed by atoms with Gasteiger partial charge in [0.15, 0.2) is 0 Å². The standard InChI is InChI=1S/C8H14N4/c1-5-3-6(5)7(9)8-10-4-11-12(8)2/h4-7H,3,9H2,1-2H3. The summed E-state index contributed by atoms with van der Waals surface area (Å²) in [6.07, 6.45) is 2.79. The van der Waals surface area contributed by atoms with Gasteiger partial charge in [0.2, 0.25) is 0 Å². The second-order valence-corrected chi connectivity index (χ2v) is 3.64. The van der Waals surface area contributed by atoms with Crippen molar-refractivity contribution in [3.63, 3.8) is 0 Å². The van der Waals surface area contributed by atoms with Crippen LogP contribution in [0.4, 0.5) is 0 Å². The molecule has 1 aromatic rings. The third-order valence-electron chi connectivity index (χ3n) is 2.68. The monoisotopic (exact) mass is 166 g/mol. The number of rotatable bonds is 2. The molecule has 0 amide bonds. The Bertz CT molecular complexity index is 280. The maximum atomic E-state index is 6.01. The molecule has 3 atom stereocenters. The topological polar surface area (TPSA) is 56.7 Å². The van der Waals surface area contributed by atoms with Crippen molar-refractivity contribution in [3.8, 4) is 0 Å². The molecule has 1 aromatic heterocycles. The number of aromatic nitrogens is 3. The summed E-state index contributed by atoms with van der Waals surface area (Å²) in [5.41, 5.74) is 6.01. The molecule has 0 spiro atoms. The highest BCUT2D eigenvalue weighted by molar-refractivity contribution is 5.02. The molecule has 2 N–H and O–H groups in total. The molecule has 2 rings (SSSR count). The molecule has 0 aromatic carbocycles. The lowest BCUT2D eigenvalue weighted by molar-refractivity contribution is 0.528. The first kappa shape index (κ1) is 7.73. The highest BCUT2D eigenvalue weighted by Gasteiger charge is 2.39. The zero-order chi connectivity index (χ0) is 8.72. The summed E-state index contributed by atoms with van der Waals surface area (Å²) in [5.74, 6) is 2.29. The largest absolute Gasteiger partial charge is 0.321 e. The normalized spacial score (nSPS) is 30.2. The lowest BCUT2D eigenvalue weighted by Gasteiger charge is -2.08. The fraction of sp³-hybridized carbons (Fsp3) is 0.750. The summed E-state index contributed by atoms with van der Waals surface area (Å²) in [7, 11) is 1.88. The highest BCUT2D eigenvalue weighted by atomic mass is 15.3. The molecule has 0 radical (unpaired) electrons. The summed E-state index contributed by atoms with van der Waals surface area (Å²) >= 11 is 0. The van der Waals surface area contributed by atoms with E-state index < -0.39 is 0 Å². The molecule has 12 heavy (non-hydrogen) atoms. The number of hydrogen-bond donors (Lipinski definition) is 1. The number of nitrogens with two attached hydrogens (primary N) is 1. The van der Waals surface area contributed by atoms with Gasteiger partial charge in [-0.15, -0.1) is 0 Å². The van der Waals surface area contributed by atoms with Gasteiger partial charge in [0, 0.05) is 7.05 Å². The van der Waals surface area contributed by atoms with E-state index in [9.17, 15) is 0 Å². The van der Waals surface area contributed by atoms with E-state index in [0.29, 0.717) is 5.92 Å². The quantitative estimate of drug-likeness (QED) is 0.694. The first-order valence-corrected chi connectivity index (χ1v) is 4.29. The van der Waals surface area contributed by atoms with Gasteiger partial charge in [-0.05, 0) is 18.3 Å². The van der Waals surface area contributed by atoms with Crippen LogP contribution in [0, 0.1) is 11.8 Å². The van der Waals surface area contributed by atoms with Gasteiger partial charge in [-0.25, -0.2) is 4.98 Å². The molecule has 1 saturated carbocycles. The van der Waals surface area contributed by atoms with E-state index >= 15 is 0 Å². The van der Waals surface area contributed by atoms with E-state index in [0.717, 1.165) is 11.7 Å². The van der Waals surface area contributed by atoms with Crippen molar-refractivity contribution in [2.45, 2.75) is 19.4 Å². The van der Waals surface area contributed by atoms with Crippen molar-refractivity contribution in [2.24, 2.45) is 24.6 Å². The molecule has 1 heterocycles. The highest BCUT2D eigenvalue weighted by Crippen LogP contribution is 2.44. The van der Waals surface area contributed by atoms with Crippen molar-refractivity contribution >= 4 is 0 Å². The molecule has 1 aliphatic rings. The van der Waals surface area contributed by atoms with Gasteiger partial charge in [0.05, 0.1) is 6.04 Å². The predicted octanol–water partition coefficient (Wildman–Crippen LogP) is 0.471. The van der Waals surface area contributed by atoms with E-state index in [4.69, 9.17) is 5.73 Å². The first-order valence-electron chi connectivity index (χ1n) is 4.29. The fourth-order valence-corrected chi connectivity index (χ4v) is 1.65. The Hall–Kier alpha value is -0.900. The van der Waals surface area contributed by atoms with Crippen molar-refractivity contribution < 1.29 is 0 Å². The number of hydrogen-bond acceptors (Lipinski definition) is 3. The summed E-state index contributed by atoms with van der Waals surface area (Å²) in [5, 5.41) is 4.00. The van der Waals surface area contributed by atoms with Crippen LogP contribution in [-0.2, 0) is 7.05 Å². The number of nitrogens with zero attached hydrogens (tertiary/aromatic N) is 3. The minimum Gasteiger partial charge on any atom is -0.321 e. The van der Waals surface area contributed by atoms with Gasteiger partial charge in [0.1, 0.15) is 12.2 Å². The van der Waals surface area contributed by atoms with Crippen LogP contribution < -0.4 is 5.73 Å². The average molecular weight is 166 g/mol. The third kappa shape index (κ3) is 1.12. The molecule has 0 bridgehead atoms. The van der Waals surface area contributed by atoms with Crippen molar-refractivity contribution in [1.82, 2.24) is 14.8 Å². The SMILES string of the molecule is CC1CC1C(N)c1ncnn1C. The van der Waals surface area contributed by atoms with Crippen LogP contribution in [0.2, 0.25) is 0 Å². The van der Waals surface area contributed by atoms with E-state index in [2.05, 4.69) is 17.0 Å². The van der Waals surface area contributed by atoms with Gasteiger partial charge in [0.25, 0.3) is 0 Å². The van der Waals surface area contributed by atoms with Crippen LogP contribution in [0.5, 0.6) is 0 Å². The van der Waals surface area contributed by atoms with Crippen LogP contribution in [0.1, 0.15) is 25.2 Å². The second-order valence-electron chi connectivity index (χ2n) is 3.64. The van der Waals surface area contributed by atoms with Gasteiger partial charge in [-0.1, -0.05) is 6.92 Å². The third-order valence-corrected chi connectivity index (χ3v) is 2.68. The number of aryl methyl sites for hydroxylation is 1. The van der Waals surface area contributed by atoms with Crippen LogP contribution in [0.25, 0.3) is 0 Å². The minimum absolute atomic E-state index is 0.0764. The van der Waals surface area contributed by atoms with Crippen LogP contribution in [-0.4, -0.2) is 14.8 Å². The maximum absolute atomic E-state index is 6.01. The van der Waals surface area contributed by atoms with Crippen molar-refractivity contribution in [1.29, 1.82) is 0 Å². The molecule has 1 fully saturated rings. The Labute approximate surface area is 71.8 Å². The molecule has 4 nitrogen and oxygen atoms in total. The summed E-state index contributed by atoms with van der Waals surface area (Å²) in [4.78, 5) is 4.14. The molecule has 66 valence electrons. The van der Waals surface area contributed by atoms with Gasteiger partial charge >= 0.3 is 0 Å².